The molecule has 1 amide bonds. The molecule has 1 heterocycles. The average molecular weight is 401 g/mol. The van der Waals surface area contributed by atoms with Gasteiger partial charge in [0.25, 0.3) is 0 Å². The molecule has 148 valence electrons. The third-order valence-corrected chi connectivity index (χ3v) is 6.30. The van der Waals surface area contributed by atoms with Gasteiger partial charge in [-0.2, -0.15) is 0 Å². The van der Waals surface area contributed by atoms with E-state index in [1.165, 1.54) is 26.2 Å². The first-order chi connectivity index (χ1) is 13.3. The summed E-state index contributed by atoms with van der Waals surface area (Å²) in [6.45, 7) is 2.38. The van der Waals surface area contributed by atoms with Gasteiger partial charge in [-0.15, -0.1) is 5.10 Å². The van der Waals surface area contributed by atoms with Crippen molar-refractivity contribution in [3.05, 3.63) is 48.0 Å². The van der Waals surface area contributed by atoms with E-state index in [2.05, 4.69) is 15.6 Å². The maximum atomic E-state index is 12.3. The SMILES string of the molecule is CCc1ccccc1NC(=O)CCn1nnc2cc(S(=O)(=O)N(C)C)ccc21. The van der Waals surface area contributed by atoms with Crippen LogP contribution < -0.4 is 5.32 Å². The zero-order chi connectivity index (χ0) is 20.3. The molecule has 0 aliphatic heterocycles. The van der Waals surface area contributed by atoms with Gasteiger partial charge in [-0.05, 0) is 36.2 Å². The van der Waals surface area contributed by atoms with Gasteiger partial charge in [0.05, 0.1) is 17.0 Å². The number of nitrogens with zero attached hydrogens (tertiary/aromatic N) is 4. The van der Waals surface area contributed by atoms with Crippen molar-refractivity contribution < 1.29 is 13.2 Å². The Labute approximate surface area is 164 Å². The first-order valence-corrected chi connectivity index (χ1v) is 10.4. The number of nitrogens with one attached hydrogen (secondary N) is 1. The van der Waals surface area contributed by atoms with Gasteiger partial charge in [0, 0.05) is 26.2 Å². The number of anilines is 1. The fraction of sp³-hybridized carbons (Fsp3) is 0.316. The van der Waals surface area contributed by atoms with E-state index in [1.54, 1.807) is 10.7 Å². The largest absolute Gasteiger partial charge is 0.326 e. The van der Waals surface area contributed by atoms with E-state index in [-0.39, 0.29) is 17.2 Å². The lowest BCUT2D eigenvalue weighted by Gasteiger charge is -2.11. The molecule has 0 fully saturated rings. The Morgan fingerprint density at radius 2 is 1.93 bits per heavy atom. The standard InChI is InChI=1S/C19H23N5O3S/c1-4-14-7-5-6-8-16(14)20-19(25)11-12-24-18-10-9-15(13-17(18)21-22-24)28(26,27)23(2)3/h5-10,13H,4,11-12H2,1-3H3,(H,20,25). The Morgan fingerprint density at radius 3 is 2.64 bits per heavy atom. The Balaban J connectivity index is 1.72. The highest BCUT2D eigenvalue weighted by Crippen LogP contribution is 2.20. The number of fused-ring (bicyclic) bond motifs is 1. The molecule has 3 aromatic rings. The van der Waals surface area contributed by atoms with Crippen molar-refractivity contribution in [3.63, 3.8) is 0 Å². The smallest absolute Gasteiger partial charge is 0.242 e. The number of aromatic nitrogens is 3. The fourth-order valence-corrected chi connectivity index (χ4v) is 3.78. The molecule has 0 bridgehead atoms. The van der Waals surface area contributed by atoms with E-state index in [9.17, 15) is 13.2 Å². The highest BCUT2D eigenvalue weighted by molar-refractivity contribution is 7.89. The first kappa shape index (κ1) is 20.0. The molecule has 0 saturated carbocycles. The molecule has 0 aliphatic rings. The Kier molecular flexibility index (Phi) is 5.76. The van der Waals surface area contributed by atoms with Gasteiger partial charge >= 0.3 is 0 Å². The van der Waals surface area contributed by atoms with Crippen LogP contribution in [0.3, 0.4) is 0 Å². The predicted molar refractivity (Wildman–Crippen MR) is 107 cm³/mol. The molecule has 0 saturated heterocycles. The number of sulfonamides is 1. The topological polar surface area (TPSA) is 97.2 Å². The highest BCUT2D eigenvalue weighted by Gasteiger charge is 2.19. The van der Waals surface area contributed by atoms with Gasteiger partial charge < -0.3 is 5.32 Å². The molecular formula is C19H23N5O3S. The summed E-state index contributed by atoms with van der Waals surface area (Å²) in [5, 5.41) is 11.0. The lowest BCUT2D eigenvalue weighted by atomic mass is 10.1. The molecule has 1 N–H and O–H groups in total. The van der Waals surface area contributed by atoms with E-state index in [0.717, 1.165) is 22.0 Å². The van der Waals surface area contributed by atoms with Crippen LogP contribution in [0.1, 0.15) is 18.9 Å². The van der Waals surface area contributed by atoms with E-state index in [0.29, 0.717) is 17.6 Å². The molecule has 2 aromatic carbocycles. The van der Waals surface area contributed by atoms with Crippen LogP contribution in [-0.4, -0.2) is 47.7 Å². The molecule has 0 aliphatic carbocycles. The number of carbonyl (C=O) groups excluding carboxylic acids is 1. The quantitative estimate of drug-likeness (QED) is 0.655. The summed E-state index contributed by atoms with van der Waals surface area (Å²) in [6.07, 6.45) is 1.07. The average Bonchev–Trinajstić information content (AvgIpc) is 3.09. The summed E-state index contributed by atoms with van der Waals surface area (Å²) >= 11 is 0. The molecule has 0 unspecified atom stereocenters. The second-order valence-corrected chi connectivity index (χ2v) is 8.71. The maximum Gasteiger partial charge on any atom is 0.242 e. The van der Waals surface area contributed by atoms with Crippen LogP contribution in [0.4, 0.5) is 5.69 Å². The van der Waals surface area contributed by atoms with Gasteiger partial charge in [0.1, 0.15) is 5.52 Å². The minimum atomic E-state index is -3.53. The molecule has 0 radical (unpaired) electrons. The van der Waals surface area contributed by atoms with Crippen molar-refractivity contribution >= 4 is 32.7 Å². The zero-order valence-electron chi connectivity index (χ0n) is 16.1. The van der Waals surface area contributed by atoms with Gasteiger partial charge in [0.2, 0.25) is 15.9 Å². The second kappa shape index (κ2) is 8.07. The summed E-state index contributed by atoms with van der Waals surface area (Å²) in [4.78, 5) is 12.5. The number of hydrogen-bond donors (Lipinski definition) is 1. The molecular weight excluding hydrogens is 378 g/mol. The van der Waals surface area contributed by atoms with E-state index >= 15 is 0 Å². The molecule has 1 aromatic heterocycles. The molecule has 0 spiro atoms. The number of carbonyl (C=O) groups is 1. The van der Waals surface area contributed by atoms with Crippen LogP contribution in [0.5, 0.6) is 0 Å². The molecule has 0 atom stereocenters. The molecule has 3 rings (SSSR count). The minimum absolute atomic E-state index is 0.114. The third kappa shape index (κ3) is 4.05. The third-order valence-electron chi connectivity index (χ3n) is 4.49. The van der Waals surface area contributed by atoms with Crippen molar-refractivity contribution in [2.24, 2.45) is 0 Å². The highest BCUT2D eigenvalue weighted by atomic mass is 32.2. The lowest BCUT2D eigenvalue weighted by molar-refractivity contribution is -0.116. The Hall–Kier alpha value is -2.78. The van der Waals surface area contributed by atoms with Crippen LogP contribution in [0.2, 0.25) is 0 Å². The van der Waals surface area contributed by atoms with E-state index < -0.39 is 10.0 Å². The minimum Gasteiger partial charge on any atom is -0.326 e. The summed E-state index contributed by atoms with van der Waals surface area (Å²) in [5.41, 5.74) is 3.05. The monoisotopic (exact) mass is 401 g/mol. The fourth-order valence-electron chi connectivity index (χ4n) is 2.86. The summed E-state index contributed by atoms with van der Waals surface area (Å²) in [6, 6.07) is 12.4. The maximum absolute atomic E-state index is 12.3. The van der Waals surface area contributed by atoms with Gasteiger partial charge in [-0.25, -0.2) is 17.4 Å². The number of benzene rings is 2. The van der Waals surface area contributed by atoms with Crippen molar-refractivity contribution in [2.45, 2.75) is 31.2 Å². The molecule has 8 nitrogen and oxygen atoms in total. The lowest BCUT2D eigenvalue weighted by Crippen LogP contribution is -2.22. The van der Waals surface area contributed by atoms with Gasteiger partial charge in [-0.1, -0.05) is 30.3 Å². The molecule has 9 heteroatoms. The normalized spacial score (nSPS) is 11.9. The van der Waals surface area contributed by atoms with Crippen molar-refractivity contribution in [1.82, 2.24) is 19.3 Å². The predicted octanol–water partition coefficient (Wildman–Crippen LogP) is 2.27. The van der Waals surface area contributed by atoms with E-state index in [4.69, 9.17) is 0 Å². The number of hydrogen-bond acceptors (Lipinski definition) is 5. The zero-order valence-corrected chi connectivity index (χ0v) is 16.9. The van der Waals surface area contributed by atoms with Gasteiger partial charge in [-0.3, -0.25) is 4.79 Å². The van der Waals surface area contributed by atoms with Crippen molar-refractivity contribution in [3.8, 4) is 0 Å². The Bertz CT molecular complexity index is 1110. The van der Waals surface area contributed by atoms with Crippen LogP contribution in [0.15, 0.2) is 47.4 Å². The second-order valence-electron chi connectivity index (χ2n) is 6.56. The van der Waals surface area contributed by atoms with Crippen LogP contribution >= 0.6 is 0 Å². The first-order valence-electron chi connectivity index (χ1n) is 8.96. The van der Waals surface area contributed by atoms with Gasteiger partial charge in [0.15, 0.2) is 0 Å². The summed E-state index contributed by atoms with van der Waals surface area (Å²) < 4.78 is 27.2. The number of para-hydroxylation sites is 1. The van der Waals surface area contributed by atoms with Crippen LogP contribution in [0.25, 0.3) is 11.0 Å². The van der Waals surface area contributed by atoms with Crippen molar-refractivity contribution in [1.29, 1.82) is 0 Å². The van der Waals surface area contributed by atoms with Crippen LogP contribution in [0, 0.1) is 0 Å². The number of amides is 1. The van der Waals surface area contributed by atoms with E-state index in [1.807, 2.05) is 31.2 Å². The molecule has 28 heavy (non-hydrogen) atoms. The van der Waals surface area contributed by atoms with Crippen LogP contribution in [-0.2, 0) is 27.8 Å². The summed E-state index contributed by atoms with van der Waals surface area (Å²) in [5.74, 6) is -0.114. The number of aryl methyl sites for hydroxylation is 2. The summed E-state index contributed by atoms with van der Waals surface area (Å²) in [7, 11) is -0.578. The Morgan fingerprint density at radius 1 is 1.18 bits per heavy atom. The van der Waals surface area contributed by atoms with Crippen molar-refractivity contribution in [2.75, 3.05) is 19.4 Å². The number of rotatable bonds is 7.